The minimum Gasteiger partial charge on any atom is -0.326 e. The summed E-state index contributed by atoms with van der Waals surface area (Å²) >= 11 is 0. The van der Waals surface area contributed by atoms with Gasteiger partial charge in [0.15, 0.2) is 0 Å². The third-order valence-electron chi connectivity index (χ3n) is 6.21. The SMILES string of the molecule is CN(C)C1CCCN(C(=O)c2ccc(NC(=O)CCc3ccccc3)cc2)c2ccccc21. The van der Waals surface area contributed by atoms with E-state index in [0.29, 0.717) is 36.7 Å². The highest BCUT2D eigenvalue weighted by molar-refractivity contribution is 6.07. The van der Waals surface area contributed by atoms with Gasteiger partial charge in [-0.1, -0.05) is 48.5 Å². The Morgan fingerprint density at radius 3 is 2.36 bits per heavy atom. The number of rotatable bonds is 6. The molecule has 1 aliphatic rings. The molecule has 2 amide bonds. The van der Waals surface area contributed by atoms with Crippen LogP contribution in [0.5, 0.6) is 0 Å². The first-order valence-corrected chi connectivity index (χ1v) is 11.5. The van der Waals surface area contributed by atoms with Crippen LogP contribution < -0.4 is 10.2 Å². The lowest BCUT2D eigenvalue weighted by Crippen LogP contribution is -2.31. The normalized spacial score (nSPS) is 15.6. The van der Waals surface area contributed by atoms with Crippen LogP contribution in [0.4, 0.5) is 11.4 Å². The molecule has 0 aliphatic carbocycles. The molecule has 0 spiro atoms. The number of amides is 2. The van der Waals surface area contributed by atoms with Crippen molar-refractivity contribution in [3.63, 3.8) is 0 Å². The number of carbonyl (C=O) groups excluding carboxylic acids is 2. The van der Waals surface area contributed by atoms with Crippen LogP contribution in [0, 0.1) is 0 Å². The number of nitrogens with zero attached hydrogens (tertiary/aromatic N) is 2. The van der Waals surface area contributed by atoms with Crippen molar-refractivity contribution in [2.45, 2.75) is 31.7 Å². The first-order valence-electron chi connectivity index (χ1n) is 11.5. The summed E-state index contributed by atoms with van der Waals surface area (Å²) in [5.74, 6) is -0.0436. The molecule has 1 N–H and O–H groups in total. The Hall–Kier alpha value is -3.44. The van der Waals surface area contributed by atoms with Crippen molar-refractivity contribution >= 4 is 23.2 Å². The average Bonchev–Trinajstić information content (AvgIpc) is 3.03. The molecule has 5 heteroatoms. The first kappa shape index (κ1) is 22.7. The Balaban J connectivity index is 1.43. The zero-order valence-corrected chi connectivity index (χ0v) is 19.3. The van der Waals surface area contributed by atoms with E-state index in [1.807, 2.05) is 53.4 Å². The van der Waals surface area contributed by atoms with Gasteiger partial charge < -0.3 is 15.1 Å². The summed E-state index contributed by atoms with van der Waals surface area (Å²) in [7, 11) is 4.18. The number of carbonyl (C=O) groups is 2. The van der Waals surface area contributed by atoms with Crippen LogP contribution >= 0.6 is 0 Å². The van der Waals surface area contributed by atoms with Gasteiger partial charge in [0.1, 0.15) is 0 Å². The molecule has 3 aromatic carbocycles. The molecule has 0 saturated heterocycles. The van der Waals surface area contributed by atoms with Gasteiger partial charge in [-0.15, -0.1) is 0 Å². The molecular formula is C28H31N3O2. The maximum absolute atomic E-state index is 13.4. The fourth-order valence-corrected chi connectivity index (χ4v) is 4.46. The van der Waals surface area contributed by atoms with Crippen LogP contribution in [-0.2, 0) is 11.2 Å². The Morgan fingerprint density at radius 1 is 0.939 bits per heavy atom. The molecule has 0 saturated carbocycles. The van der Waals surface area contributed by atoms with E-state index in [-0.39, 0.29) is 11.8 Å². The molecular weight excluding hydrogens is 410 g/mol. The summed E-state index contributed by atoms with van der Waals surface area (Å²) < 4.78 is 0. The van der Waals surface area contributed by atoms with E-state index in [1.165, 1.54) is 5.56 Å². The minimum atomic E-state index is -0.0332. The zero-order chi connectivity index (χ0) is 23.2. The number of hydrogen-bond acceptors (Lipinski definition) is 3. The van der Waals surface area contributed by atoms with Crippen LogP contribution in [0.1, 0.15) is 46.8 Å². The molecule has 4 rings (SSSR count). The topological polar surface area (TPSA) is 52.6 Å². The van der Waals surface area contributed by atoms with Crippen LogP contribution in [0.25, 0.3) is 0 Å². The fourth-order valence-electron chi connectivity index (χ4n) is 4.46. The first-order chi connectivity index (χ1) is 16.0. The molecule has 170 valence electrons. The third kappa shape index (κ3) is 5.49. The summed E-state index contributed by atoms with van der Waals surface area (Å²) in [6.07, 6.45) is 3.08. The molecule has 1 aliphatic heterocycles. The fraction of sp³-hybridized carbons (Fsp3) is 0.286. The number of anilines is 2. The summed E-state index contributed by atoms with van der Waals surface area (Å²) in [4.78, 5) is 29.9. The van der Waals surface area contributed by atoms with Gasteiger partial charge in [0.25, 0.3) is 5.91 Å². The second-order valence-electron chi connectivity index (χ2n) is 8.75. The Labute approximate surface area is 196 Å². The van der Waals surface area contributed by atoms with E-state index in [1.54, 1.807) is 24.3 Å². The monoisotopic (exact) mass is 441 g/mol. The summed E-state index contributed by atoms with van der Waals surface area (Å²) in [5.41, 5.74) is 4.64. The molecule has 0 fully saturated rings. The maximum Gasteiger partial charge on any atom is 0.258 e. The number of para-hydroxylation sites is 1. The number of hydrogen-bond donors (Lipinski definition) is 1. The molecule has 0 aromatic heterocycles. The van der Waals surface area contributed by atoms with Gasteiger partial charge >= 0.3 is 0 Å². The van der Waals surface area contributed by atoms with Crippen LogP contribution in [0.3, 0.4) is 0 Å². The number of fused-ring (bicyclic) bond motifs is 1. The van der Waals surface area contributed by atoms with E-state index in [0.717, 1.165) is 24.1 Å². The molecule has 0 radical (unpaired) electrons. The van der Waals surface area contributed by atoms with Gasteiger partial charge in [-0.05, 0) is 74.8 Å². The smallest absolute Gasteiger partial charge is 0.258 e. The van der Waals surface area contributed by atoms with Gasteiger partial charge in [0.05, 0.1) is 0 Å². The Kier molecular flexibility index (Phi) is 7.20. The summed E-state index contributed by atoms with van der Waals surface area (Å²) in [5, 5.41) is 2.93. The molecule has 33 heavy (non-hydrogen) atoms. The second-order valence-corrected chi connectivity index (χ2v) is 8.75. The quantitative estimate of drug-likeness (QED) is 0.565. The van der Waals surface area contributed by atoms with Crippen molar-refractivity contribution in [2.75, 3.05) is 30.9 Å². The number of benzene rings is 3. The molecule has 5 nitrogen and oxygen atoms in total. The lowest BCUT2D eigenvalue weighted by Gasteiger charge is -2.27. The van der Waals surface area contributed by atoms with E-state index in [2.05, 4.69) is 30.4 Å². The number of nitrogens with one attached hydrogen (secondary N) is 1. The van der Waals surface area contributed by atoms with Gasteiger partial charge in [0.2, 0.25) is 5.91 Å². The van der Waals surface area contributed by atoms with E-state index >= 15 is 0 Å². The van der Waals surface area contributed by atoms with Crippen LogP contribution in [0.15, 0.2) is 78.9 Å². The molecule has 1 heterocycles. The van der Waals surface area contributed by atoms with Crippen LogP contribution in [0.2, 0.25) is 0 Å². The number of aryl methyl sites for hydroxylation is 1. The average molecular weight is 442 g/mol. The second kappa shape index (κ2) is 10.5. The lowest BCUT2D eigenvalue weighted by atomic mass is 10.0. The molecule has 1 atom stereocenters. The van der Waals surface area contributed by atoms with Crippen molar-refractivity contribution in [3.05, 3.63) is 95.6 Å². The van der Waals surface area contributed by atoms with Gasteiger partial charge in [-0.3, -0.25) is 9.59 Å². The minimum absolute atomic E-state index is 0.0104. The van der Waals surface area contributed by atoms with Crippen molar-refractivity contribution < 1.29 is 9.59 Å². The predicted molar refractivity (Wildman–Crippen MR) is 134 cm³/mol. The summed E-state index contributed by atoms with van der Waals surface area (Å²) in [6, 6.07) is 25.7. The molecule has 1 unspecified atom stereocenters. The largest absolute Gasteiger partial charge is 0.326 e. The van der Waals surface area contributed by atoms with E-state index in [4.69, 9.17) is 0 Å². The Bertz CT molecular complexity index is 1090. The highest BCUT2D eigenvalue weighted by Gasteiger charge is 2.27. The summed E-state index contributed by atoms with van der Waals surface area (Å²) in [6.45, 7) is 0.693. The lowest BCUT2D eigenvalue weighted by molar-refractivity contribution is -0.116. The van der Waals surface area contributed by atoms with Crippen molar-refractivity contribution in [2.24, 2.45) is 0 Å². The van der Waals surface area contributed by atoms with Gasteiger partial charge in [-0.25, -0.2) is 0 Å². The zero-order valence-electron chi connectivity index (χ0n) is 19.3. The Morgan fingerprint density at radius 2 is 1.64 bits per heavy atom. The van der Waals surface area contributed by atoms with E-state index in [9.17, 15) is 9.59 Å². The van der Waals surface area contributed by atoms with Gasteiger partial charge in [0, 0.05) is 35.9 Å². The third-order valence-corrected chi connectivity index (χ3v) is 6.21. The predicted octanol–water partition coefficient (Wildman–Crippen LogP) is 5.30. The molecule has 3 aromatic rings. The van der Waals surface area contributed by atoms with Crippen LogP contribution in [-0.4, -0.2) is 37.4 Å². The standard InChI is InChI=1S/C28H31N3O2/c1-30(2)25-13-8-20-31(26-12-7-6-11-24(25)26)28(33)22-15-17-23(18-16-22)29-27(32)19-14-21-9-4-3-5-10-21/h3-7,9-12,15-18,25H,8,13-14,19-20H2,1-2H3,(H,29,32). The van der Waals surface area contributed by atoms with Crippen molar-refractivity contribution in [3.8, 4) is 0 Å². The highest BCUT2D eigenvalue weighted by atomic mass is 16.2. The van der Waals surface area contributed by atoms with E-state index < -0.39 is 0 Å². The van der Waals surface area contributed by atoms with Crippen molar-refractivity contribution in [1.29, 1.82) is 0 Å². The maximum atomic E-state index is 13.4. The molecule has 0 bridgehead atoms. The highest BCUT2D eigenvalue weighted by Crippen LogP contribution is 2.36. The van der Waals surface area contributed by atoms with Crippen molar-refractivity contribution in [1.82, 2.24) is 4.90 Å². The van der Waals surface area contributed by atoms with Gasteiger partial charge in [-0.2, -0.15) is 0 Å².